The Hall–Kier alpha value is -1.25. The van der Waals surface area contributed by atoms with Gasteiger partial charge < -0.3 is 4.74 Å². The van der Waals surface area contributed by atoms with Gasteiger partial charge in [0.25, 0.3) is 9.05 Å². The van der Waals surface area contributed by atoms with Crippen molar-refractivity contribution in [3.05, 3.63) is 23.8 Å². The molecule has 0 saturated heterocycles. The fourth-order valence-corrected chi connectivity index (χ4v) is 2.17. The van der Waals surface area contributed by atoms with E-state index in [2.05, 4.69) is 6.92 Å². The van der Waals surface area contributed by atoms with Crippen molar-refractivity contribution in [1.82, 2.24) is 0 Å². The quantitative estimate of drug-likeness (QED) is 0.596. The third kappa shape index (κ3) is 4.21. The van der Waals surface area contributed by atoms with Crippen molar-refractivity contribution in [2.45, 2.75) is 31.1 Å². The minimum absolute atomic E-state index is 0.0614. The van der Waals surface area contributed by atoms with Gasteiger partial charge in [-0.2, -0.15) is 5.26 Å². The average molecular weight is 288 g/mol. The van der Waals surface area contributed by atoms with Crippen molar-refractivity contribution in [2.24, 2.45) is 0 Å². The van der Waals surface area contributed by atoms with Crippen molar-refractivity contribution < 1.29 is 13.2 Å². The van der Waals surface area contributed by atoms with Crippen LogP contribution in [0.2, 0.25) is 0 Å². The monoisotopic (exact) mass is 287 g/mol. The second-order valence-corrected chi connectivity index (χ2v) is 6.33. The second kappa shape index (κ2) is 6.62. The van der Waals surface area contributed by atoms with Crippen LogP contribution in [0.4, 0.5) is 0 Å². The van der Waals surface area contributed by atoms with Crippen LogP contribution in [0, 0.1) is 11.3 Å². The molecule has 0 amide bonds. The summed E-state index contributed by atoms with van der Waals surface area (Å²) < 4.78 is 27.8. The van der Waals surface area contributed by atoms with E-state index in [-0.39, 0.29) is 10.6 Å². The lowest BCUT2D eigenvalue weighted by atomic mass is 10.2. The number of ether oxygens (including phenoxy) is 1. The van der Waals surface area contributed by atoms with Gasteiger partial charge in [-0.1, -0.05) is 19.8 Å². The molecule has 6 heteroatoms. The number of rotatable bonds is 6. The molecular weight excluding hydrogens is 274 g/mol. The second-order valence-electron chi connectivity index (χ2n) is 3.76. The van der Waals surface area contributed by atoms with Gasteiger partial charge in [-0.25, -0.2) is 8.42 Å². The molecular formula is C12H14ClNO3S. The molecule has 1 rings (SSSR count). The Bertz CT molecular complexity index is 549. The molecule has 18 heavy (non-hydrogen) atoms. The summed E-state index contributed by atoms with van der Waals surface area (Å²) in [6.07, 6.45) is 2.94. The zero-order valence-corrected chi connectivity index (χ0v) is 11.6. The molecule has 1 aromatic rings. The van der Waals surface area contributed by atoms with Crippen LogP contribution in [0.5, 0.6) is 5.75 Å². The molecule has 0 radical (unpaired) electrons. The molecule has 0 fully saturated rings. The lowest BCUT2D eigenvalue weighted by molar-refractivity contribution is 0.304. The maximum Gasteiger partial charge on any atom is 0.261 e. The lowest BCUT2D eigenvalue weighted by Gasteiger charge is -2.08. The molecule has 4 nitrogen and oxygen atoms in total. The third-order valence-electron chi connectivity index (χ3n) is 2.36. The van der Waals surface area contributed by atoms with Gasteiger partial charge >= 0.3 is 0 Å². The van der Waals surface area contributed by atoms with E-state index in [1.165, 1.54) is 18.2 Å². The van der Waals surface area contributed by atoms with E-state index in [9.17, 15) is 8.42 Å². The number of halogens is 1. The Kier molecular flexibility index (Phi) is 5.45. The minimum Gasteiger partial charge on any atom is -0.492 e. The first-order valence-electron chi connectivity index (χ1n) is 5.60. The Morgan fingerprint density at radius 1 is 1.39 bits per heavy atom. The van der Waals surface area contributed by atoms with E-state index >= 15 is 0 Å². The molecule has 0 aliphatic rings. The first kappa shape index (κ1) is 14.8. The summed E-state index contributed by atoms with van der Waals surface area (Å²) in [4.78, 5) is -0.0614. The van der Waals surface area contributed by atoms with Crippen molar-refractivity contribution in [2.75, 3.05) is 6.61 Å². The van der Waals surface area contributed by atoms with E-state index in [1.807, 2.05) is 6.07 Å². The third-order valence-corrected chi connectivity index (χ3v) is 3.71. The average Bonchev–Trinajstić information content (AvgIpc) is 2.33. The van der Waals surface area contributed by atoms with Crippen molar-refractivity contribution in [1.29, 1.82) is 5.26 Å². The normalized spacial score (nSPS) is 10.9. The van der Waals surface area contributed by atoms with Crippen molar-refractivity contribution in [3.8, 4) is 11.8 Å². The van der Waals surface area contributed by atoms with E-state index < -0.39 is 9.05 Å². The highest BCUT2D eigenvalue weighted by atomic mass is 35.7. The van der Waals surface area contributed by atoms with Crippen LogP contribution < -0.4 is 4.74 Å². The SMILES string of the molecule is CCCCCOc1cc(S(=O)(=O)Cl)ccc1C#N. The van der Waals surface area contributed by atoms with E-state index in [0.717, 1.165) is 19.3 Å². The molecule has 0 aliphatic heterocycles. The summed E-state index contributed by atoms with van der Waals surface area (Å²) in [6, 6.07) is 5.92. The topological polar surface area (TPSA) is 67.2 Å². The molecule has 0 heterocycles. The summed E-state index contributed by atoms with van der Waals surface area (Å²) in [6.45, 7) is 2.52. The van der Waals surface area contributed by atoms with Crippen molar-refractivity contribution >= 4 is 19.7 Å². The van der Waals surface area contributed by atoms with Crippen LogP contribution in [-0.2, 0) is 9.05 Å². The highest BCUT2D eigenvalue weighted by Gasteiger charge is 2.13. The molecule has 0 atom stereocenters. The highest BCUT2D eigenvalue weighted by molar-refractivity contribution is 8.13. The number of nitriles is 1. The van der Waals surface area contributed by atoms with Gasteiger partial charge in [-0.05, 0) is 18.6 Å². The molecule has 0 N–H and O–H groups in total. The number of benzene rings is 1. The number of unbranched alkanes of at least 4 members (excludes halogenated alkanes) is 2. The maximum atomic E-state index is 11.2. The lowest BCUT2D eigenvalue weighted by Crippen LogP contribution is -2.00. The molecule has 0 spiro atoms. The Morgan fingerprint density at radius 3 is 2.67 bits per heavy atom. The largest absolute Gasteiger partial charge is 0.492 e. The number of hydrogen-bond donors (Lipinski definition) is 0. The standard InChI is InChI=1S/C12H14ClNO3S/c1-2-3-4-7-17-12-8-11(18(13,15)16)6-5-10(12)9-14/h5-6,8H,2-4,7H2,1H3. The van der Waals surface area contributed by atoms with Gasteiger partial charge in [-0.3, -0.25) is 0 Å². The number of hydrogen-bond acceptors (Lipinski definition) is 4. The van der Waals surface area contributed by atoms with Gasteiger partial charge in [0.1, 0.15) is 11.8 Å². The summed E-state index contributed by atoms with van der Waals surface area (Å²) >= 11 is 0. The summed E-state index contributed by atoms with van der Waals surface area (Å²) in [5.74, 6) is 0.260. The van der Waals surface area contributed by atoms with Gasteiger partial charge in [-0.15, -0.1) is 0 Å². The van der Waals surface area contributed by atoms with Crippen molar-refractivity contribution in [3.63, 3.8) is 0 Å². The predicted octanol–water partition coefficient (Wildman–Crippen LogP) is 3.05. The van der Waals surface area contributed by atoms with E-state index in [0.29, 0.717) is 12.2 Å². The van der Waals surface area contributed by atoms with Crippen LogP contribution >= 0.6 is 10.7 Å². The molecule has 0 unspecified atom stereocenters. The summed E-state index contributed by atoms with van der Waals surface area (Å²) in [5.41, 5.74) is 0.301. The first-order chi connectivity index (χ1) is 8.49. The van der Waals surface area contributed by atoms with E-state index in [4.69, 9.17) is 20.7 Å². The summed E-state index contributed by atoms with van der Waals surface area (Å²) in [5, 5.41) is 8.90. The zero-order valence-electron chi connectivity index (χ0n) is 10.0. The van der Waals surface area contributed by atoms with E-state index in [1.54, 1.807) is 0 Å². The zero-order chi connectivity index (χ0) is 13.6. The molecule has 98 valence electrons. The highest BCUT2D eigenvalue weighted by Crippen LogP contribution is 2.25. The molecule has 1 aromatic carbocycles. The van der Waals surface area contributed by atoms with Gasteiger partial charge in [0.2, 0.25) is 0 Å². The van der Waals surface area contributed by atoms with Crippen LogP contribution in [-0.4, -0.2) is 15.0 Å². The van der Waals surface area contributed by atoms with Crippen LogP contribution in [0.25, 0.3) is 0 Å². The summed E-state index contributed by atoms with van der Waals surface area (Å²) in [7, 11) is 1.44. The Balaban J connectivity index is 2.90. The molecule has 0 bridgehead atoms. The fraction of sp³-hybridized carbons (Fsp3) is 0.417. The molecule has 0 aliphatic carbocycles. The van der Waals surface area contributed by atoms with Gasteiger partial charge in [0, 0.05) is 16.7 Å². The first-order valence-corrected chi connectivity index (χ1v) is 7.91. The molecule has 0 aromatic heterocycles. The van der Waals surface area contributed by atoms with Crippen LogP contribution in [0.15, 0.2) is 23.1 Å². The fourth-order valence-electron chi connectivity index (χ4n) is 1.40. The van der Waals surface area contributed by atoms with Gasteiger partial charge in [0.15, 0.2) is 0 Å². The smallest absolute Gasteiger partial charge is 0.261 e. The maximum absolute atomic E-state index is 11.2. The molecule has 0 saturated carbocycles. The minimum atomic E-state index is -3.80. The Morgan fingerprint density at radius 2 is 2.11 bits per heavy atom. The Labute approximate surface area is 112 Å². The van der Waals surface area contributed by atoms with Crippen LogP contribution in [0.1, 0.15) is 31.7 Å². The van der Waals surface area contributed by atoms with Crippen LogP contribution in [0.3, 0.4) is 0 Å². The predicted molar refractivity (Wildman–Crippen MR) is 69.2 cm³/mol. The van der Waals surface area contributed by atoms with Gasteiger partial charge in [0.05, 0.1) is 17.1 Å². The number of nitrogens with zero attached hydrogens (tertiary/aromatic N) is 1.